The number of carbonyl (C=O) groups is 1. The van der Waals surface area contributed by atoms with E-state index in [1.807, 2.05) is 0 Å². The van der Waals surface area contributed by atoms with E-state index in [0.29, 0.717) is 6.42 Å². The second-order valence-corrected chi connectivity index (χ2v) is 6.89. The van der Waals surface area contributed by atoms with Crippen LogP contribution in [0.4, 0.5) is 26.3 Å². The van der Waals surface area contributed by atoms with Crippen molar-refractivity contribution in [3.8, 4) is 5.75 Å². The molecule has 1 aromatic rings. The Hall–Kier alpha value is -1.97. The number of aliphatic hydroxyl groups is 1. The number of rotatable bonds is 7. The van der Waals surface area contributed by atoms with Gasteiger partial charge in [0.1, 0.15) is 11.9 Å². The van der Waals surface area contributed by atoms with E-state index in [2.05, 4.69) is 4.74 Å². The van der Waals surface area contributed by atoms with E-state index in [0.717, 1.165) is 24.3 Å². The lowest BCUT2D eigenvalue weighted by Gasteiger charge is -2.55. The molecule has 0 heterocycles. The predicted octanol–water partition coefficient (Wildman–Crippen LogP) is 4.45. The average molecular weight is 414 g/mol. The van der Waals surface area contributed by atoms with Crippen LogP contribution in [0.2, 0.25) is 0 Å². The lowest BCUT2D eigenvalue weighted by Crippen LogP contribution is -2.86. The van der Waals surface area contributed by atoms with Gasteiger partial charge in [-0.2, -0.15) is 22.0 Å². The van der Waals surface area contributed by atoms with Crippen LogP contribution in [0.5, 0.6) is 5.75 Å². The minimum absolute atomic E-state index is 0.0107. The number of carbonyl (C=O) groups excluding carboxylic acids is 1. The van der Waals surface area contributed by atoms with Crippen molar-refractivity contribution in [2.45, 2.75) is 69.2 Å². The number of benzene rings is 1. The van der Waals surface area contributed by atoms with E-state index in [9.17, 15) is 36.2 Å². The number of alkyl halides is 6. The summed E-state index contributed by atoms with van der Waals surface area (Å²) in [5.74, 6) is -16.7. The molecule has 0 amide bonds. The van der Waals surface area contributed by atoms with Gasteiger partial charge in [0.05, 0.1) is 11.7 Å². The van der Waals surface area contributed by atoms with Crippen LogP contribution in [-0.2, 0) is 4.74 Å². The van der Waals surface area contributed by atoms with Crippen LogP contribution in [-0.4, -0.2) is 46.7 Å². The van der Waals surface area contributed by atoms with Crippen molar-refractivity contribution in [1.82, 2.24) is 0 Å². The number of hydrogen-bond acceptors (Lipinski definition) is 4. The van der Waals surface area contributed by atoms with E-state index in [1.165, 1.54) is 6.92 Å². The van der Waals surface area contributed by atoms with Crippen molar-refractivity contribution in [3.63, 3.8) is 0 Å². The third kappa shape index (κ3) is 3.21. The molecule has 28 heavy (non-hydrogen) atoms. The maximum absolute atomic E-state index is 14.3. The third-order valence-corrected chi connectivity index (χ3v) is 4.67. The van der Waals surface area contributed by atoms with Gasteiger partial charge in [-0.05, 0) is 44.5 Å². The van der Waals surface area contributed by atoms with Crippen molar-refractivity contribution in [2.75, 3.05) is 0 Å². The highest BCUT2D eigenvalue weighted by atomic mass is 19.3. The zero-order valence-corrected chi connectivity index (χ0v) is 15.3. The molecule has 158 valence electrons. The Morgan fingerprint density at radius 3 is 2.04 bits per heavy atom. The minimum atomic E-state index is -5.38. The molecule has 1 aromatic carbocycles. The van der Waals surface area contributed by atoms with Crippen LogP contribution in [0.1, 0.15) is 44.0 Å². The molecule has 0 aliphatic heterocycles. The molecule has 4 nitrogen and oxygen atoms in total. The summed E-state index contributed by atoms with van der Waals surface area (Å²) >= 11 is 0. The van der Waals surface area contributed by atoms with Gasteiger partial charge in [0.15, 0.2) is 0 Å². The summed E-state index contributed by atoms with van der Waals surface area (Å²) in [4.78, 5) is 12.1. The van der Waals surface area contributed by atoms with E-state index in [1.54, 1.807) is 6.92 Å². The molecule has 10 heteroatoms. The Morgan fingerprint density at radius 2 is 1.61 bits per heavy atom. The van der Waals surface area contributed by atoms with Gasteiger partial charge in [-0.15, -0.1) is 0 Å². The second kappa shape index (κ2) is 7.13. The normalized spacial score (nSPS) is 30.1. The van der Waals surface area contributed by atoms with Crippen LogP contribution in [0, 0.1) is 0 Å². The van der Waals surface area contributed by atoms with Crippen molar-refractivity contribution >= 4 is 5.97 Å². The summed E-state index contributed by atoms with van der Waals surface area (Å²) in [5, 5.41) is 9.34. The van der Waals surface area contributed by atoms with Crippen molar-refractivity contribution in [1.29, 1.82) is 0 Å². The van der Waals surface area contributed by atoms with E-state index >= 15 is 0 Å². The highest BCUT2D eigenvalue weighted by Crippen LogP contribution is 2.67. The third-order valence-electron chi connectivity index (χ3n) is 4.67. The standard InChI is InChI=1S/C18H20F6O4/c1-4-12(9-10(2)25)27-14(26)11-5-7-13(8-6-11)28-18(24)15(3,19)16(20,21)17(18,22)23/h5-8,10,12,25H,4,9H2,1-3H3. The summed E-state index contributed by atoms with van der Waals surface area (Å²) in [6, 6.07) is 3.77. The number of hydrogen-bond donors (Lipinski definition) is 1. The molecule has 1 aliphatic rings. The lowest BCUT2D eigenvalue weighted by molar-refractivity contribution is -0.480. The molecule has 4 unspecified atom stereocenters. The maximum Gasteiger partial charge on any atom is 0.385 e. The zero-order chi connectivity index (χ0) is 21.5. The van der Waals surface area contributed by atoms with Gasteiger partial charge < -0.3 is 14.6 Å². The zero-order valence-electron chi connectivity index (χ0n) is 15.3. The molecule has 1 aliphatic carbocycles. The highest BCUT2D eigenvalue weighted by molar-refractivity contribution is 5.89. The van der Waals surface area contributed by atoms with Gasteiger partial charge in [-0.25, -0.2) is 9.18 Å². The van der Waals surface area contributed by atoms with Gasteiger partial charge in [0.25, 0.3) is 5.67 Å². The van der Waals surface area contributed by atoms with Crippen LogP contribution in [0.15, 0.2) is 24.3 Å². The quantitative estimate of drug-likeness (QED) is 0.529. The van der Waals surface area contributed by atoms with Gasteiger partial charge in [-0.1, -0.05) is 6.92 Å². The molecule has 0 bridgehead atoms. The van der Waals surface area contributed by atoms with Crippen molar-refractivity contribution in [2.24, 2.45) is 0 Å². The smallest absolute Gasteiger partial charge is 0.385 e. The fourth-order valence-corrected chi connectivity index (χ4v) is 2.81. The first-order valence-electron chi connectivity index (χ1n) is 8.52. The molecule has 1 N–H and O–H groups in total. The lowest BCUT2D eigenvalue weighted by atomic mass is 9.69. The van der Waals surface area contributed by atoms with E-state index < -0.39 is 47.3 Å². The summed E-state index contributed by atoms with van der Waals surface area (Å²) in [6.07, 6.45) is -0.639. The Morgan fingerprint density at radius 1 is 1.07 bits per heavy atom. The molecule has 0 aromatic heterocycles. The molecular weight excluding hydrogens is 394 g/mol. The highest BCUT2D eigenvalue weighted by Gasteiger charge is 2.98. The Labute approximate surface area is 157 Å². The first kappa shape index (κ1) is 22.3. The Balaban J connectivity index is 2.12. The van der Waals surface area contributed by atoms with Gasteiger partial charge in [0.2, 0.25) is 0 Å². The number of esters is 1. The monoisotopic (exact) mass is 414 g/mol. The number of ether oxygens (including phenoxy) is 2. The fourth-order valence-electron chi connectivity index (χ4n) is 2.81. The van der Waals surface area contributed by atoms with E-state index in [-0.39, 0.29) is 18.9 Å². The Bertz CT molecular complexity index is 699. The maximum atomic E-state index is 14.3. The number of halogens is 6. The SMILES string of the molecule is CCC(CC(C)O)OC(=O)c1ccc(OC2(F)C(C)(F)C(F)(F)C2(F)F)cc1. The van der Waals surface area contributed by atoms with Crippen LogP contribution >= 0.6 is 0 Å². The fraction of sp³-hybridized carbons (Fsp3) is 0.611. The largest absolute Gasteiger partial charge is 0.459 e. The molecule has 0 spiro atoms. The predicted molar refractivity (Wildman–Crippen MR) is 86.1 cm³/mol. The second-order valence-electron chi connectivity index (χ2n) is 6.89. The van der Waals surface area contributed by atoms with Crippen LogP contribution < -0.4 is 4.74 Å². The summed E-state index contributed by atoms with van der Waals surface area (Å²) in [5.41, 5.74) is -4.31. The summed E-state index contributed by atoms with van der Waals surface area (Å²) < 4.78 is 90.9. The van der Waals surface area contributed by atoms with Crippen LogP contribution in [0.3, 0.4) is 0 Å². The van der Waals surface area contributed by atoms with Crippen molar-refractivity contribution in [3.05, 3.63) is 29.8 Å². The summed E-state index contributed by atoms with van der Waals surface area (Å²) in [7, 11) is 0. The van der Waals surface area contributed by atoms with Gasteiger partial charge >= 0.3 is 23.7 Å². The van der Waals surface area contributed by atoms with E-state index in [4.69, 9.17) is 4.74 Å². The Kier molecular flexibility index (Phi) is 5.68. The summed E-state index contributed by atoms with van der Waals surface area (Å²) in [6.45, 7) is 3.25. The molecule has 0 saturated heterocycles. The molecule has 1 fully saturated rings. The first-order chi connectivity index (χ1) is 12.7. The topological polar surface area (TPSA) is 55.8 Å². The number of aliphatic hydroxyl groups excluding tert-OH is 1. The van der Waals surface area contributed by atoms with Crippen molar-refractivity contribution < 1.29 is 45.7 Å². The average Bonchev–Trinajstić information content (AvgIpc) is 2.60. The van der Waals surface area contributed by atoms with Crippen LogP contribution in [0.25, 0.3) is 0 Å². The van der Waals surface area contributed by atoms with Gasteiger partial charge in [-0.3, -0.25) is 0 Å². The van der Waals surface area contributed by atoms with Gasteiger partial charge in [0, 0.05) is 6.42 Å². The molecule has 0 radical (unpaired) electrons. The molecule has 1 saturated carbocycles. The molecular formula is C18H20F6O4. The molecule has 4 atom stereocenters. The minimum Gasteiger partial charge on any atom is -0.459 e. The molecule has 2 rings (SSSR count). The first-order valence-corrected chi connectivity index (χ1v) is 8.52.